The highest BCUT2D eigenvalue weighted by Crippen LogP contribution is 1.94. The first-order valence-corrected chi connectivity index (χ1v) is 9.98. The van der Waals surface area contributed by atoms with Gasteiger partial charge in [-0.15, -0.1) is 0 Å². The van der Waals surface area contributed by atoms with Crippen LogP contribution < -0.4 is 21.3 Å². The van der Waals surface area contributed by atoms with Crippen molar-refractivity contribution in [1.29, 1.82) is 0 Å². The van der Waals surface area contributed by atoms with Crippen molar-refractivity contribution in [2.75, 3.05) is 39.3 Å². The molecule has 0 atom stereocenters. The fourth-order valence-corrected chi connectivity index (χ4v) is 2.11. The minimum Gasteiger partial charge on any atom is -0.354 e. The molecule has 14 heteroatoms. The maximum Gasteiger partial charge on any atom is 0.242 e. The molecular formula is C18H32N6O8. The third-order valence-electron chi connectivity index (χ3n) is 4.11. The number of nitrogens with one attached hydrogen (secondary N) is 4. The molecule has 0 rings (SSSR count). The highest BCUT2D eigenvalue weighted by Gasteiger charge is 2.20. The Morgan fingerprint density at radius 3 is 1.28 bits per heavy atom. The molecule has 0 aromatic rings. The Bertz CT molecular complexity index is 630. The Kier molecular flexibility index (Phi) is 13.9. The maximum absolute atomic E-state index is 12.0. The quantitative estimate of drug-likeness (QED) is 0.0698. The number of rotatable bonds is 14. The van der Waals surface area contributed by atoms with Crippen LogP contribution in [-0.4, -0.2) is 95.3 Å². The fourth-order valence-electron chi connectivity index (χ4n) is 2.11. The summed E-state index contributed by atoms with van der Waals surface area (Å²) in [5.41, 5.74) is 0. The Morgan fingerprint density at radius 2 is 0.969 bits per heavy atom. The first-order valence-electron chi connectivity index (χ1n) is 9.98. The molecule has 0 saturated heterocycles. The second-order valence-corrected chi connectivity index (χ2v) is 6.79. The van der Waals surface area contributed by atoms with Gasteiger partial charge in [-0.1, -0.05) is 0 Å². The van der Waals surface area contributed by atoms with Gasteiger partial charge in [0.2, 0.25) is 35.4 Å². The number of carbonyl (C=O) groups is 6. The average Bonchev–Trinajstić information content (AvgIpc) is 2.74. The molecule has 0 aliphatic rings. The summed E-state index contributed by atoms with van der Waals surface area (Å²) in [6.07, 6.45) is -0.206. The van der Waals surface area contributed by atoms with E-state index in [4.69, 9.17) is 10.4 Å². The molecular weight excluding hydrogens is 428 g/mol. The lowest BCUT2D eigenvalue weighted by atomic mass is 10.1. The molecule has 0 aromatic carbocycles. The highest BCUT2D eigenvalue weighted by molar-refractivity contribution is 5.99. The Morgan fingerprint density at radius 1 is 0.656 bits per heavy atom. The first kappa shape index (κ1) is 28.7. The SMILES string of the molecule is CC(=O)N(O)CCC(=O)NCCNC(=O)C(C)C(=O)NCCNC(=O)CCN(O)C(C)=O. The normalized spacial score (nSPS) is 10.2. The van der Waals surface area contributed by atoms with Crippen LogP contribution in [0.15, 0.2) is 0 Å². The minimum atomic E-state index is -1.00. The predicted molar refractivity (Wildman–Crippen MR) is 109 cm³/mol. The molecule has 0 heterocycles. The van der Waals surface area contributed by atoms with E-state index >= 15 is 0 Å². The van der Waals surface area contributed by atoms with Crippen LogP contribution >= 0.6 is 0 Å². The molecule has 0 bridgehead atoms. The second kappa shape index (κ2) is 15.5. The van der Waals surface area contributed by atoms with E-state index in [9.17, 15) is 28.8 Å². The molecule has 6 N–H and O–H groups in total. The van der Waals surface area contributed by atoms with Crippen LogP contribution in [0.3, 0.4) is 0 Å². The van der Waals surface area contributed by atoms with E-state index < -0.39 is 41.4 Å². The van der Waals surface area contributed by atoms with E-state index in [1.165, 1.54) is 6.92 Å². The van der Waals surface area contributed by atoms with Gasteiger partial charge >= 0.3 is 0 Å². The minimum absolute atomic E-state index is 0.0793. The van der Waals surface area contributed by atoms with Gasteiger partial charge in [-0.25, -0.2) is 10.1 Å². The van der Waals surface area contributed by atoms with Crippen molar-refractivity contribution in [1.82, 2.24) is 31.4 Å². The molecule has 0 spiro atoms. The second-order valence-electron chi connectivity index (χ2n) is 6.79. The molecule has 0 aliphatic carbocycles. The van der Waals surface area contributed by atoms with Gasteiger partial charge in [0.05, 0.1) is 13.1 Å². The molecule has 0 aliphatic heterocycles. The van der Waals surface area contributed by atoms with Gasteiger partial charge in [-0.2, -0.15) is 0 Å². The monoisotopic (exact) mass is 460 g/mol. The van der Waals surface area contributed by atoms with Crippen LogP contribution in [0, 0.1) is 5.92 Å². The average molecular weight is 460 g/mol. The van der Waals surface area contributed by atoms with Crippen LogP contribution in [-0.2, 0) is 28.8 Å². The third kappa shape index (κ3) is 13.1. The zero-order valence-electron chi connectivity index (χ0n) is 18.5. The summed E-state index contributed by atoms with van der Waals surface area (Å²) in [5, 5.41) is 29.1. The van der Waals surface area contributed by atoms with Crippen molar-refractivity contribution in [3.05, 3.63) is 0 Å². The van der Waals surface area contributed by atoms with Gasteiger partial charge < -0.3 is 21.3 Å². The molecule has 32 heavy (non-hydrogen) atoms. The van der Waals surface area contributed by atoms with E-state index in [0.29, 0.717) is 10.1 Å². The lowest BCUT2D eigenvalue weighted by molar-refractivity contribution is -0.163. The summed E-state index contributed by atoms with van der Waals surface area (Å²) in [6, 6.07) is 0. The number of nitrogens with zero attached hydrogens (tertiary/aromatic N) is 2. The zero-order valence-corrected chi connectivity index (χ0v) is 18.5. The Labute approximate surface area is 185 Å². The summed E-state index contributed by atoms with van der Waals surface area (Å²) in [4.78, 5) is 68.7. The van der Waals surface area contributed by atoms with Crippen molar-refractivity contribution >= 4 is 35.4 Å². The largest absolute Gasteiger partial charge is 0.354 e. The lowest BCUT2D eigenvalue weighted by Crippen LogP contribution is -2.44. The molecule has 0 fully saturated rings. The van der Waals surface area contributed by atoms with Crippen LogP contribution in [0.4, 0.5) is 0 Å². The van der Waals surface area contributed by atoms with Crippen molar-refractivity contribution in [3.63, 3.8) is 0 Å². The molecule has 0 saturated carbocycles. The number of carbonyl (C=O) groups excluding carboxylic acids is 6. The van der Waals surface area contributed by atoms with Gasteiger partial charge in [0.1, 0.15) is 5.92 Å². The molecule has 182 valence electrons. The summed E-state index contributed by atoms with van der Waals surface area (Å²) < 4.78 is 0. The summed E-state index contributed by atoms with van der Waals surface area (Å²) in [6.45, 7) is 3.78. The fraction of sp³-hybridized carbons (Fsp3) is 0.667. The molecule has 14 nitrogen and oxygen atoms in total. The lowest BCUT2D eigenvalue weighted by Gasteiger charge is -2.14. The first-order chi connectivity index (χ1) is 15.0. The van der Waals surface area contributed by atoms with Crippen LogP contribution in [0.1, 0.15) is 33.6 Å². The standard InChI is InChI=1S/C18H32N6O8/c1-12(17(29)21-8-6-19-15(27)4-10-23(31)13(2)25)18(30)22-9-7-20-16(28)5-11-24(32)14(3)26/h12,31-32H,4-11H2,1-3H3,(H,19,27)(H,20,28)(H,21,29)(H,22,30). The van der Waals surface area contributed by atoms with E-state index in [1.807, 2.05) is 0 Å². The van der Waals surface area contributed by atoms with Crippen LogP contribution in [0.2, 0.25) is 0 Å². The highest BCUT2D eigenvalue weighted by atomic mass is 16.5. The van der Waals surface area contributed by atoms with Crippen molar-refractivity contribution < 1.29 is 39.2 Å². The van der Waals surface area contributed by atoms with Crippen LogP contribution in [0.5, 0.6) is 0 Å². The number of hydrogen-bond acceptors (Lipinski definition) is 8. The smallest absolute Gasteiger partial charge is 0.242 e. The van der Waals surface area contributed by atoms with Gasteiger partial charge in [-0.3, -0.25) is 39.2 Å². The molecule has 6 amide bonds. The van der Waals surface area contributed by atoms with Crippen molar-refractivity contribution in [2.45, 2.75) is 33.6 Å². The predicted octanol–water partition coefficient (Wildman–Crippen LogP) is -2.66. The van der Waals surface area contributed by atoms with Crippen molar-refractivity contribution in [2.24, 2.45) is 5.92 Å². The van der Waals surface area contributed by atoms with E-state index in [1.54, 1.807) is 0 Å². The van der Waals surface area contributed by atoms with E-state index in [0.717, 1.165) is 13.8 Å². The Balaban J connectivity index is 3.95. The summed E-state index contributed by atoms with van der Waals surface area (Å²) >= 11 is 0. The number of amides is 6. The summed E-state index contributed by atoms with van der Waals surface area (Å²) in [5.74, 6) is -4.10. The van der Waals surface area contributed by atoms with Gasteiger partial charge in [0, 0.05) is 52.9 Å². The maximum atomic E-state index is 12.0. The van der Waals surface area contributed by atoms with E-state index in [-0.39, 0.29) is 52.1 Å². The van der Waals surface area contributed by atoms with Crippen LogP contribution in [0.25, 0.3) is 0 Å². The van der Waals surface area contributed by atoms with E-state index in [2.05, 4.69) is 21.3 Å². The topological polar surface area (TPSA) is 197 Å². The number of hydrogen-bond donors (Lipinski definition) is 6. The Hall–Kier alpha value is -3.26. The third-order valence-corrected chi connectivity index (χ3v) is 4.11. The van der Waals surface area contributed by atoms with Crippen molar-refractivity contribution in [3.8, 4) is 0 Å². The van der Waals surface area contributed by atoms with Gasteiger partial charge in [0.15, 0.2) is 0 Å². The summed E-state index contributed by atoms with van der Waals surface area (Å²) in [7, 11) is 0. The molecule has 0 radical (unpaired) electrons. The molecule has 0 aromatic heterocycles. The van der Waals surface area contributed by atoms with Gasteiger partial charge in [-0.05, 0) is 6.92 Å². The zero-order chi connectivity index (χ0) is 24.7. The molecule has 0 unspecified atom stereocenters. The van der Waals surface area contributed by atoms with Gasteiger partial charge in [0.25, 0.3) is 0 Å². The number of hydroxylamine groups is 4.